The van der Waals surface area contributed by atoms with E-state index in [0.29, 0.717) is 12.2 Å². The van der Waals surface area contributed by atoms with Crippen molar-refractivity contribution in [3.63, 3.8) is 0 Å². The van der Waals surface area contributed by atoms with Gasteiger partial charge >= 0.3 is 6.03 Å². The summed E-state index contributed by atoms with van der Waals surface area (Å²) in [6.07, 6.45) is 0.651. The van der Waals surface area contributed by atoms with Gasteiger partial charge in [-0.15, -0.1) is 0 Å². The minimum absolute atomic E-state index is 0.146. The van der Waals surface area contributed by atoms with E-state index in [2.05, 4.69) is 32.1 Å². The van der Waals surface area contributed by atoms with Crippen molar-refractivity contribution in [3.05, 3.63) is 28.7 Å². The van der Waals surface area contributed by atoms with Crippen molar-refractivity contribution in [2.45, 2.75) is 26.3 Å². The maximum absolute atomic E-state index is 12.1. The highest BCUT2D eigenvalue weighted by Gasteiger charge is 2.25. The van der Waals surface area contributed by atoms with E-state index in [0.717, 1.165) is 4.47 Å². The van der Waals surface area contributed by atoms with Gasteiger partial charge < -0.3 is 15.8 Å². The van der Waals surface area contributed by atoms with Crippen molar-refractivity contribution in [1.29, 1.82) is 0 Å². The number of carbonyl (C=O) groups is 3. The molecule has 0 unspecified atom stereocenters. The standard InChI is InChI=1S/C15H21BrN4O4/c1-3-9(2)13(18-15(17)23)14(22)20-19-12(21)8-24-11-6-4-5-10(16)7-11/h4-7,9,13H,3,8H2,1-2H3,(H,19,21)(H,20,22)(H3,17,18,23)/t9-,13+/m0/s1. The van der Waals surface area contributed by atoms with Crippen LogP contribution in [0.5, 0.6) is 5.75 Å². The van der Waals surface area contributed by atoms with E-state index in [4.69, 9.17) is 10.5 Å². The average molecular weight is 401 g/mol. The van der Waals surface area contributed by atoms with Gasteiger partial charge in [0.1, 0.15) is 11.8 Å². The number of primary amides is 1. The summed E-state index contributed by atoms with van der Waals surface area (Å²) in [6, 6.07) is 5.37. The number of amides is 4. The lowest BCUT2D eigenvalue weighted by Crippen LogP contribution is -2.56. The summed E-state index contributed by atoms with van der Waals surface area (Å²) in [4.78, 5) is 34.8. The van der Waals surface area contributed by atoms with E-state index < -0.39 is 23.9 Å². The molecule has 0 fully saturated rings. The normalized spacial score (nSPS) is 12.6. The Hall–Kier alpha value is -2.29. The Balaban J connectivity index is 2.46. The zero-order valence-electron chi connectivity index (χ0n) is 13.5. The molecule has 0 aliphatic carbocycles. The lowest BCUT2D eigenvalue weighted by atomic mass is 9.99. The van der Waals surface area contributed by atoms with Crippen molar-refractivity contribution in [2.24, 2.45) is 11.7 Å². The van der Waals surface area contributed by atoms with Gasteiger partial charge in [-0.1, -0.05) is 42.3 Å². The van der Waals surface area contributed by atoms with E-state index in [9.17, 15) is 14.4 Å². The Morgan fingerprint density at radius 2 is 2.00 bits per heavy atom. The molecule has 0 heterocycles. The number of ether oxygens (including phenoxy) is 1. The smallest absolute Gasteiger partial charge is 0.312 e. The highest BCUT2D eigenvalue weighted by molar-refractivity contribution is 9.10. The van der Waals surface area contributed by atoms with Crippen LogP contribution in [0, 0.1) is 5.92 Å². The number of rotatable bonds is 7. The van der Waals surface area contributed by atoms with E-state index in [1.807, 2.05) is 13.0 Å². The summed E-state index contributed by atoms with van der Waals surface area (Å²) in [7, 11) is 0. The van der Waals surface area contributed by atoms with Crippen LogP contribution in [0.2, 0.25) is 0 Å². The van der Waals surface area contributed by atoms with Crippen LogP contribution in [-0.4, -0.2) is 30.5 Å². The van der Waals surface area contributed by atoms with Crippen LogP contribution in [0.25, 0.3) is 0 Å². The lowest BCUT2D eigenvalue weighted by molar-refractivity contribution is -0.131. The average Bonchev–Trinajstić information content (AvgIpc) is 2.54. The molecule has 0 aliphatic heterocycles. The van der Waals surface area contributed by atoms with Gasteiger partial charge in [-0.25, -0.2) is 4.79 Å². The second-order valence-electron chi connectivity index (χ2n) is 5.16. The zero-order valence-corrected chi connectivity index (χ0v) is 15.1. The Morgan fingerprint density at radius 3 is 2.58 bits per heavy atom. The first-order valence-electron chi connectivity index (χ1n) is 7.36. The maximum Gasteiger partial charge on any atom is 0.312 e. The summed E-state index contributed by atoms with van der Waals surface area (Å²) in [6.45, 7) is 3.39. The maximum atomic E-state index is 12.1. The minimum Gasteiger partial charge on any atom is -0.484 e. The highest BCUT2D eigenvalue weighted by Crippen LogP contribution is 2.17. The summed E-state index contributed by atoms with van der Waals surface area (Å²) >= 11 is 3.29. The molecule has 1 rings (SSSR count). The SMILES string of the molecule is CC[C@H](C)[C@@H](NC(N)=O)C(=O)NNC(=O)COc1cccc(Br)c1. The van der Waals surface area contributed by atoms with Crippen molar-refractivity contribution < 1.29 is 19.1 Å². The summed E-state index contributed by atoms with van der Waals surface area (Å²) in [5.41, 5.74) is 9.55. The number of carbonyl (C=O) groups excluding carboxylic acids is 3. The van der Waals surface area contributed by atoms with E-state index >= 15 is 0 Å². The van der Waals surface area contributed by atoms with Crippen LogP contribution >= 0.6 is 15.9 Å². The Morgan fingerprint density at radius 1 is 1.29 bits per heavy atom. The number of hydrogen-bond acceptors (Lipinski definition) is 4. The first-order valence-corrected chi connectivity index (χ1v) is 8.15. The molecule has 24 heavy (non-hydrogen) atoms. The number of urea groups is 1. The molecule has 0 radical (unpaired) electrons. The first kappa shape index (κ1) is 19.8. The predicted molar refractivity (Wildman–Crippen MR) is 91.9 cm³/mol. The summed E-state index contributed by atoms with van der Waals surface area (Å²) < 4.78 is 6.11. The third-order valence-corrected chi connectivity index (χ3v) is 3.78. The number of benzene rings is 1. The van der Waals surface area contributed by atoms with Crippen molar-refractivity contribution in [2.75, 3.05) is 6.61 Å². The lowest BCUT2D eigenvalue weighted by Gasteiger charge is -2.22. The number of nitrogens with two attached hydrogens (primary N) is 1. The first-order chi connectivity index (χ1) is 11.3. The topological polar surface area (TPSA) is 123 Å². The van der Waals surface area contributed by atoms with E-state index in [-0.39, 0.29) is 12.5 Å². The number of nitrogens with one attached hydrogen (secondary N) is 3. The second kappa shape index (κ2) is 9.76. The van der Waals surface area contributed by atoms with Gasteiger partial charge in [-0.3, -0.25) is 20.4 Å². The monoisotopic (exact) mass is 400 g/mol. The summed E-state index contributed by atoms with van der Waals surface area (Å²) in [5.74, 6) is -0.727. The van der Waals surface area contributed by atoms with Crippen molar-refractivity contribution in [3.8, 4) is 5.75 Å². The van der Waals surface area contributed by atoms with Crippen molar-refractivity contribution in [1.82, 2.24) is 16.2 Å². The fourth-order valence-electron chi connectivity index (χ4n) is 1.81. The van der Waals surface area contributed by atoms with Gasteiger partial charge in [-0.05, 0) is 24.1 Å². The molecule has 0 saturated heterocycles. The van der Waals surface area contributed by atoms with Gasteiger partial charge in [0.15, 0.2) is 6.61 Å². The molecule has 0 saturated carbocycles. The third kappa shape index (κ3) is 6.86. The van der Waals surface area contributed by atoms with Gasteiger partial charge in [0.05, 0.1) is 0 Å². The Bertz CT molecular complexity index is 597. The molecule has 2 atom stereocenters. The molecular formula is C15H21BrN4O4. The molecular weight excluding hydrogens is 380 g/mol. The molecule has 0 aliphatic rings. The number of hydrazine groups is 1. The predicted octanol–water partition coefficient (Wildman–Crippen LogP) is 1.06. The van der Waals surface area contributed by atoms with Gasteiger partial charge in [0.25, 0.3) is 11.8 Å². The third-order valence-electron chi connectivity index (χ3n) is 3.28. The second-order valence-corrected chi connectivity index (χ2v) is 6.07. The molecule has 1 aromatic rings. The van der Waals surface area contributed by atoms with E-state index in [1.165, 1.54) is 0 Å². The fourth-order valence-corrected chi connectivity index (χ4v) is 2.18. The van der Waals surface area contributed by atoms with Crippen LogP contribution in [0.4, 0.5) is 4.79 Å². The van der Waals surface area contributed by atoms with Crippen LogP contribution < -0.4 is 26.6 Å². The molecule has 0 aromatic heterocycles. The van der Waals surface area contributed by atoms with Crippen LogP contribution in [0.15, 0.2) is 28.7 Å². The molecule has 5 N–H and O–H groups in total. The van der Waals surface area contributed by atoms with Gasteiger partial charge in [-0.2, -0.15) is 0 Å². The van der Waals surface area contributed by atoms with E-state index in [1.54, 1.807) is 25.1 Å². The Kier molecular flexibility index (Phi) is 8.03. The molecule has 8 nitrogen and oxygen atoms in total. The Labute approximate surface area is 148 Å². The quantitative estimate of drug-likeness (QED) is 0.510. The molecule has 0 spiro atoms. The molecule has 4 amide bonds. The molecule has 0 bridgehead atoms. The summed E-state index contributed by atoms with van der Waals surface area (Å²) in [5, 5.41) is 2.36. The minimum atomic E-state index is -0.834. The molecule has 132 valence electrons. The number of hydrogen-bond donors (Lipinski definition) is 4. The van der Waals surface area contributed by atoms with Crippen LogP contribution in [-0.2, 0) is 9.59 Å². The largest absolute Gasteiger partial charge is 0.484 e. The van der Waals surface area contributed by atoms with Crippen LogP contribution in [0.1, 0.15) is 20.3 Å². The zero-order chi connectivity index (χ0) is 18.1. The van der Waals surface area contributed by atoms with Crippen molar-refractivity contribution >= 4 is 33.8 Å². The molecule has 9 heteroatoms. The highest BCUT2D eigenvalue weighted by atomic mass is 79.9. The van der Waals surface area contributed by atoms with Gasteiger partial charge in [0, 0.05) is 4.47 Å². The fraction of sp³-hybridized carbons (Fsp3) is 0.400. The van der Waals surface area contributed by atoms with Crippen LogP contribution in [0.3, 0.4) is 0 Å². The number of halogens is 1. The molecule has 1 aromatic carbocycles. The van der Waals surface area contributed by atoms with Gasteiger partial charge in [0.2, 0.25) is 0 Å².